The number of carbonyl (C=O) groups is 1. The second-order valence-corrected chi connectivity index (χ2v) is 7.76. The predicted octanol–water partition coefficient (Wildman–Crippen LogP) is 3.85. The monoisotopic (exact) mass is 399 g/mol. The summed E-state index contributed by atoms with van der Waals surface area (Å²) >= 11 is 0. The zero-order chi connectivity index (χ0) is 20.6. The summed E-state index contributed by atoms with van der Waals surface area (Å²) in [6.45, 7) is 8.77. The molecule has 29 heavy (non-hydrogen) atoms. The van der Waals surface area contributed by atoms with E-state index in [2.05, 4.69) is 27.7 Å². The van der Waals surface area contributed by atoms with Crippen LogP contribution < -0.4 is 10.6 Å². The van der Waals surface area contributed by atoms with E-state index in [1.54, 1.807) is 12.1 Å². The van der Waals surface area contributed by atoms with Gasteiger partial charge in [0.1, 0.15) is 5.82 Å². The molecule has 1 atom stereocenters. The Bertz CT molecular complexity index is 789. The zero-order valence-electron chi connectivity index (χ0n) is 17.2. The van der Waals surface area contributed by atoms with Crippen LogP contribution in [0.2, 0.25) is 0 Å². The number of morpholine rings is 1. The average molecular weight is 400 g/mol. The Balaban J connectivity index is 1.59. The van der Waals surface area contributed by atoms with Crippen LogP contribution >= 0.6 is 0 Å². The first kappa shape index (κ1) is 21.3. The van der Waals surface area contributed by atoms with Crippen molar-refractivity contribution in [3.63, 3.8) is 0 Å². The number of nitrogens with one attached hydrogen (secondary N) is 2. The van der Waals surface area contributed by atoms with Crippen molar-refractivity contribution in [3.05, 3.63) is 71.0 Å². The molecule has 2 aromatic rings. The van der Waals surface area contributed by atoms with Gasteiger partial charge in [0.25, 0.3) is 0 Å². The number of benzene rings is 2. The smallest absolute Gasteiger partial charge is 0.315 e. The maximum Gasteiger partial charge on any atom is 0.315 e. The van der Waals surface area contributed by atoms with Gasteiger partial charge in [-0.25, -0.2) is 9.18 Å². The summed E-state index contributed by atoms with van der Waals surface area (Å²) < 4.78 is 18.6. The van der Waals surface area contributed by atoms with Gasteiger partial charge >= 0.3 is 6.03 Å². The summed E-state index contributed by atoms with van der Waals surface area (Å²) in [5.41, 5.74) is 3.22. The standard InChI is InChI=1S/C23H30FN3O2/c1-17(2)22(18-7-9-21(24)10-8-18)26-23(28)25-15-19-5-3-4-6-20(19)16-27-11-13-29-14-12-27/h3-10,17,22H,11-16H2,1-2H3,(H2,25,26,28)/t22-/m1/s1. The number of urea groups is 1. The highest BCUT2D eigenvalue weighted by molar-refractivity contribution is 5.74. The molecule has 6 heteroatoms. The first-order valence-electron chi connectivity index (χ1n) is 10.2. The molecule has 2 N–H and O–H groups in total. The van der Waals surface area contributed by atoms with Crippen molar-refractivity contribution in [2.45, 2.75) is 33.0 Å². The van der Waals surface area contributed by atoms with Gasteiger partial charge in [-0.05, 0) is 34.7 Å². The molecule has 0 radical (unpaired) electrons. The molecule has 0 spiro atoms. The zero-order valence-corrected chi connectivity index (χ0v) is 17.2. The third-order valence-corrected chi connectivity index (χ3v) is 5.24. The molecule has 1 saturated heterocycles. The highest BCUT2D eigenvalue weighted by Gasteiger charge is 2.19. The van der Waals surface area contributed by atoms with Crippen LogP contribution in [0.1, 0.15) is 36.6 Å². The topological polar surface area (TPSA) is 53.6 Å². The van der Waals surface area contributed by atoms with E-state index in [1.807, 2.05) is 26.0 Å². The van der Waals surface area contributed by atoms with E-state index in [0.29, 0.717) is 6.54 Å². The van der Waals surface area contributed by atoms with Gasteiger partial charge in [0.15, 0.2) is 0 Å². The van der Waals surface area contributed by atoms with Crippen LogP contribution in [-0.2, 0) is 17.8 Å². The maximum absolute atomic E-state index is 13.2. The molecule has 1 fully saturated rings. The summed E-state index contributed by atoms with van der Waals surface area (Å²) in [7, 11) is 0. The maximum atomic E-state index is 13.2. The van der Waals surface area contributed by atoms with Crippen LogP contribution in [0.5, 0.6) is 0 Å². The normalized spacial score (nSPS) is 15.9. The summed E-state index contributed by atoms with van der Waals surface area (Å²) in [6.07, 6.45) is 0. The van der Waals surface area contributed by atoms with Crippen molar-refractivity contribution >= 4 is 6.03 Å². The van der Waals surface area contributed by atoms with E-state index in [-0.39, 0.29) is 23.8 Å². The molecule has 0 saturated carbocycles. The van der Waals surface area contributed by atoms with Crippen LogP contribution in [0, 0.1) is 11.7 Å². The quantitative estimate of drug-likeness (QED) is 0.744. The van der Waals surface area contributed by atoms with E-state index < -0.39 is 0 Å². The van der Waals surface area contributed by atoms with E-state index in [1.165, 1.54) is 17.7 Å². The molecule has 3 rings (SSSR count). The van der Waals surface area contributed by atoms with Gasteiger partial charge in [0, 0.05) is 26.2 Å². The van der Waals surface area contributed by atoms with E-state index in [9.17, 15) is 9.18 Å². The van der Waals surface area contributed by atoms with E-state index in [0.717, 1.165) is 44.0 Å². The number of hydrogen-bond acceptors (Lipinski definition) is 3. The first-order valence-corrected chi connectivity index (χ1v) is 10.2. The number of ether oxygens (including phenoxy) is 1. The highest BCUT2D eigenvalue weighted by Crippen LogP contribution is 2.22. The summed E-state index contributed by atoms with van der Waals surface area (Å²) in [6, 6.07) is 14.1. The van der Waals surface area contributed by atoms with Crippen molar-refractivity contribution in [1.82, 2.24) is 15.5 Å². The number of amides is 2. The average Bonchev–Trinajstić information content (AvgIpc) is 2.73. The van der Waals surface area contributed by atoms with Gasteiger partial charge < -0.3 is 15.4 Å². The number of rotatable bonds is 7. The lowest BCUT2D eigenvalue weighted by molar-refractivity contribution is 0.0341. The lowest BCUT2D eigenvalue weighted by Gasteiger charge is -2.27. The molecule has 1 aliphatic heterocycles. The number of hydrogen-bond donors (Lipinski definition) is 2. The summed E-state index contributed by atoms with van der Waals surface area (Å²) in [5, 5.41) is 6.00. The van der Waals surface area contributed by atoms with Crippen molar-refractivity contribution in [3.8, 4) is 0 Å². The SMILES string of the molecule is CC(C)[C@@H](NC(=O)NCc1ccccc1CN1CCOCC1)c1ccc(F)cc1. The summed E-state index contributed by atoms with van der Waals surface area (Å²) in [4.78, 5) is 14.9. The van der Waals surface area contributed by atoms with Crippen molar-refractivity contribution < 1.29 is 13.9 Å². The lowest BCUT2D eigenvalue weighted by atomic mass is 9.96. The minimum atomic E-state index is -0.280. The largest absolute Gasteiger partial charge is 0.379 e. The van der Waals surface area contributed by atoms with Crippen LogP contribution in [0.4, 0.5) is 9.18 Å². The Labute approximate surface area is 172 Å². The molecule has 0 aliphatic carbocycles. The molecule has 0 unspecified atom stereocenters. The Hall–Kier alpha value is -2.44. The fourth-order valence-electron chi connectivity index (χ4n) is 3.56. The van der Waals surface area contributed by atoms with Crippen molar-refractivity contribution in [1.29, 1.82) is 0 Å². The van der Waals surface area contributed by atoms with Gasteiger partial charge in [-0.15, -0.1) is 0 Å². The van der Waals surface area contributed by atoms with Gasteiger partial charge in [0.05, 0.1) is 19.3 Å². The molecular formula is C23H30FN3O2. The van der Waals surface area contributed by atoms with Crippen molar-refractivity contribution in [2.24, 2.45) is 5.92 Å². The Morgan fingerprint density at radius 3 is 2.38 bits per heavy atom. The second kappa shape index (κ2) is 10.4. The molecule has 0 bridgehead atoms. The van der Waals surface area contributed by atoms with Crippen LogP contribution in [-0.4, -0.2) is 37.2 Å². The number of nitrogens with zero attached hydrogens (tertiary/aromatic N) is 1. The van der Waals surface area contributed by atoms with Gasteiger partial charge in [-0.3, -0.25) is 4.90 Å². The molecule has 156 valence electrons. The van der Waals surface area contributed by atoms with Gasteiger partial charge in [-0.1, -0.05) is 50.2 Å². The molecule has 2 amide bonds. The fourth-order valence-corrected chi connectivity index (χ4v) is 3.56. The Kier molecular flexibility index (Phi) is 7.61. The third-order valence-electron chi connectivity index (χ3n) is 5.24. The Morgan fingerprint density at radius 1 is 1.07 bits per heavy atom. The molecular weight excluding hydrogens is 369 g/mol. The predicted molar refractivity (Wildman–Crippen MR) is 112 cm³/mol. The van der Waals surface area contributed by atoms with Crippen LogP contribution in [0.15, 0.2) is 48.5 Å². The lowest BCUT2D eigenvalue weighted by Crippen LogP contribution is -2.40. The minimum absolute atomic E-state index is 0.180. The number of carbonyl (C=O) groups excluding carboxylic acids is 1. The number of halogens is 1. The van der Waals surface area contributed by atoms with E-state index in [4.69, 9.17) is 4.74 Å². The van der Waals surface area contributed by atoms with Gasteiger partial charge in [0.2, 0.25) is 0 Å². The fraction of sp³-hybridized carbons (Fsp3) is 0.435. The van der Waals surface area contributed by atoms with Crippen molar-refractivity contribution in [2.75, 3.05) is 26.3 Å². The molecule has 2 aromatic carbocycles. The van der Waals surface area contributed by atoms with Crippen LogP contribution in [0.3, 0.4) is 0 Å². The highest BCUT2D eigenvalue weighted by atomic mass is 19.1. The Morgan fingerprint density at radius 2 is 1.72 bits per heavy atom. The third kappa shape index (κ3) is 6.27. The first-order chi connectivity index (χ1) is 14.0. The second-order valence-electron chi connectivity index (χ2n) is 7.76. The van der Waals surface area contributed by atoms with E-state index >= 15 is 0 Å². The molecule has 5 nitrogen and oxygen atoms in total. The van der Waals surface area contributed by atoms with Gasteiger partial charge in [-0.2, -0.15) is 0 Å². The molecule has 0 aromatic heterocycles. The van der Waals surface area contributed by atoms with Crippen LogP contribution in [0.25, 0.3) is 0 Å². The molecule has 1 heterocycles. The minimum Gasteiger partial charge on any atom is -0.379 e. The summed E-state index contributed by atoms with van der Waals surface area (Å²) in [5.74, 6) is -0.0996. The molecule has 1 aliphatic rings.